The number of nitrogens with one attached hydrogen (secondary N) is 1. The van der Waals surface area contributed by atoms with Crippen LogP contribution in [0.25, 0.3) is 0 Å². The van der Waals surface area contributed by atoms with Crippen LogP contribution in [0.2, 0.25) is 0 Å². The number of rotatable bonds is 4. The molecule has 31 heavy (non-hydrogen) atoms. The highest BCUT2D eigenvalue weighted by molar-refractivity contribution is 7.08. The summed E-state index contributed by atoms with van der Waals surface area (Å²) in [5.41, 5.74) is 0.697. The van der Waals surface area contributed by atoms with E-state index in [1.165, 1.54) is 23.7 Å². The number of aromatic nitrogens is 2. The summed E-state index contributed by atoms with van der Waals surface area (Å²) in [6, 6.07) is 1.82. The molecule has 2 fully saturated rings. The van der Waals surface area contributed by atoms with Crippen LogP contribution in [0, 0.1) is 17.7 Å². The van der Waals surface area contributed by atoms with Gasteiger partial charge < -0.3 is 20.1 Å². The molecule has 0 radical (unpaired) electrons. The van der Waals surface area contributed by atoms with E-state index in [0.29, 0.717) is 37.1 Å². The highest BCUT2D eigenvalue weighted by Crippen LogP contribution is 2.34. The summed E-state index contributed by atoms with van der Waals surface area (Å²) in [6.45, 7) is 2.70. The minimum absolute atomic E-state index is 0.0450. The molecule has 13 heteroatoms. The molecular weight excluding hydrogens is 444 g/mol. The van der Waals surface area contributed by atoms with Crippen LogP contribution < -0.4 is 10.2 Å². The molecule has 0 unspecified atom stereocenters. The quantitative estimate of drug-likeness (QED) is 0.672. The largest absolute Gasteiger partial charge is 0.490 e. The summed E-state index contributed by atoms with van der Waals surface area (Å²) >= 11 is 1.51. The summed E-state index contributed by atoms with van der Waals surface area (Å²) in [4.78, 5) is 31.0. The van der Waals surface area contributed by atoms with E-state index in [-0.39, 0.29) is 17.9 Å². The van der Waals surface area contributed by atoms with Crippen LogP contribution in [0.4, 0.5) is 23.5 Å². The van der Waals surface area contributed by atoms with Crippen molar-refractivity contribution in [2.24, 2.45) is 11.8 Å². The smallest absolute Gasteiger partial charge is 0.475 e. The minimum atomic E-state index is -5.08. The van der Waals surface area contributed by atoms with Crippen LogP contribution in [-0.2, 0) is 9.53 Å². The van der Waals surface area contributed by atoms with E-state index in [4.69, 9.17) is 14.6 Å². The van der Waals surface area contributed by atoms with Gasteiger partial charge in [-0.1, -0.05) is 0 Å². The number of hydrogen-bond donors (Lipinski definition) is 2. The van der Waals surface area contributed by atoms with Gasteiger partial charge in [-0.15, -0.1) is 0 Å². The van der Waals surface area contributed by atoms with Crippen LogP contribution in [-0.4, -0.2) is 65.5 Å². The first-order chi connectivity index (χ1) is 14.6. The number of carbonyl (C=O) groups excluding carboxylic acids is 1. The molecule has 4 heterocycles. The number of halogens is 4. The molecule has 1 amide bonds. The maximum atomic E-state index is 13.0. The fraction of sp³-hybridized carbons (Fsp3) is 0.444. The molecule has 0 saturated carbocycles. The van der Waals surface area contributed by atoms with Crippen molar-refractivity contribution >= 4 is 29.2 Å². The van der Waals surface area contributed by atoms with E-state index < -0.39 is 18.0 Å². The lowest BCUT2D eigenvalue weighted by molar-refractivity contribution is -0.192. The maximum Gasteiger partial charge on any atom is 0.490 e. The molecule has 8 nitrogen and oxygen atoms in total. The number of anilines is 1. The van der Waals surface area contributed by atoms with Crippen molar-refractivity contribution in [1.82, 2.24) is 15.3 Å². The molecule has 2 aliphatic rings. The number of carboxylic acid groups (broad SMARTS) is 1. The van der Waals surface area contributed by atoms with Crippen molar-refractivity contribution in [3.05, 3.63) is 40.6 Å². The third-order valence-corrected chi connectivity index (χ3v) is 5.56. The lowest BCUT2D eigenvalue weighted by Crippen LogP contribution is -2.34. The summed E-state index contributed by atoms with van der Waals surface area (Å²) in [5, 5.41) is 13.8. The monoisotopic (exact) mass is 462 g/mol. The number of aliphatic carboxylic acids is 1. The van der Waals surface area contributed by atoms with Gasteiger partial charge in [0.1, 0.15) is 0 Å². The molecule has 2 aromatic heterocycles. The first-order valence-corrected chi connectivity index (χ1v) is 10.0. The van der Waals surface area contributed by atoms with Crippen LogP contribution >= 0.6 is 11.3 Å². The Morgan fingerprint density at radius 2 is 1.97 bits per heavy atom. The summed E-state index contributed by atoms with van der Waals surface area (Å²) in [6.07, 6.45) is -2.62. The zero-order valence-electron chi connectivity index (χ0n) is 15.9. The summed E-state index contributed by atoms with van der Waals surface area (Å²) in [7, 11) is 0. The van der Waals surface area contributed by atoms with Gasteiger partial charge in [0.2, 0.25) is 5.95 Å². The highest BCUT2D eigenvalue weighted by Gasteiger charge is 2.44. The third kappa shape index (κ3) is 5.88. The Morgan fingerprint density at radius 3 is 2.55 bits per heavy atom. The molecule has 2 aliphatic heterocycles. The zero-order valence-corrected chi connectivity index (χ0v) is 16.7. The Labute approximate surface area is 177 Å². The molecule has 0 spiro atoms. The Kier molecular flexibility index (Phi) is 7.05. The first kappa shape index (κ1) is 22.9. The van der Waals surface area contributed by atoms with Crippen LogP contribution in [0.15, 0.2) is 29.2 Å². The fourth-order valence-corrected chi connectivity index (χ4v) is 4.00. The number of amides is 1. The van der Waals surface area contributed by atoms with Crippen molar-refractivity contribution in [3.8, 4) is 0 Å². The molecule has 2 N–H and O–H groups in total. The maximum absolute atomic E-state index is 13.0. The van der Waals surface area contributed by atoms with Gasteiger partial charge in [0, 0.05) is 42.4 Å². The van der Waals surface area contributed by atoms with Crippen molar-refractivity contribution < 1.29 is 37.0 Å². The fourth-order valence-electron chi connectivity index (χ4n) is 3.36. The lowest BCUT2D eigenvalue weighted by atomic mass is 9.93. The number of thiophene rings is 1. The first-order valence-electron chi connectivity index (χ1n) is 9.09. The molecule has 3 atom stereocenters. The van der Waals surface area contributed by atoms with Crippen molar-refractivity contribution in [2.45, 2.75) is 12.3 Å². The van der Waals surface area contributed by atoms with Gasteiger partial charge in [0.15, 0.2) is 5.82 Å². The molecular formula is C18H18F4N4O4S. The van der Waals surface area contributed by atoms with E-state index in [2.05, 4.69) is 15.3 Å². The average molecular weight is 462 g/mol. The standard InChI is InChI=1S/C16H17FN4O2S.C2HF3O2/c17-12-4-19-16(20-5-12)21-6-13-11(8-23-14(13)7-21)3-18-15(22)10-1-2-24-9-10;3-2(4,5)1(6)7/h1-2,4-5,9,11,13-14H,3,6-8H2,(H,18,22);(H,6,7)/t11-,13+,14+;/m0./s1. The van der Waals surface area contributed by atoms with Gasteiger partial charge in [-0.2, -0.15) is 24.5 Å². The van der Waals surface area contributed by atoms with Gasteiger partial charge in [0.05, 0.1) is 25.1 Å². The molecule has 0 bridgehead atoms. The van der Waals surface area contributed by atoms with Crippen molar-refractivity contribution in [2.75, 3.05) is 31.1 Å². The van der Waals surface area contributed by atoms with E-state index in [1.54, 1.807) is 0 Å². The molecule has 0 aliphatic carbocycles. The number of nitrogens with zero attached hydrogens (tertiary/aromatic N) is 3. The Hall–Kier alpha value is -2.80. The summed E-state index contributed by atoms with van der Waals surface area (Å²) < 4.78 is 50.6. The van der Waals surface area contributed by atoms with Crippen LogP contribution in [0.1, 0.15) is 10.4 Å². The zero-order chi connectivity index (χ0) is 22.6. The van der Waals surface area contributed by atoms with Gasteiger partial charge in [-0.05, 0) is 11.4 Å². The number of carboxylic acids is 1. The van der Waals surface area contributed by atoms with Crippen LogP contribution in [0.5, 0.6) is 0 Å². The van der Waals surface area contributed by atoms with Gasteiger partial charge in [-0.25, -0.2) is 19.2 Å². The Morgan fingerprint density at radius 1 is 1.29 bits per heavy atom. The third-order valence-electron chi connectivity index (χ3n) is 4.88. The second kappa shape index (κ2) is 9.56. The van der Waals surface area contributed by atoms with E-state index >= 15 is 0 Å². The molecule has 2 aromatic rings. The SMILES string of the molecule is O=C(NC[C@H]1CO[C@@H]2CN(c3ncc(F)cn3)C[C@H]12)c1ccsc1.O=C(O)C(F)(F)F. The number of ether oxygens (including phenoxy) is 1. The predicted octanol–water partition coefficient (Wildman–Crippen LogP) is 2.19. The minimum Gasteiger partial charge on any atom is -0.475 e. The Bertz CT molecular complexity index is 895. The Balaban J connectivity index is 0.000000339. The summed E-state index contributed by atoms with van der Waals surface area (Å²) in [5.74, 6) is -2.13. The normalized spacial score (nSPS) is 22.5. The molecule has 0 aromatic carbocycles. The number of alkyl halides is 3. The highest BCUT2D eigenvalue weighted by atomic mass is 32.1. The van der Waals surface area contributed by atoms with Crippen molar-refractivity contribution in [1.29, 1.82) is 0 Å². The lowest BCUT2D eigenvalue weighted by Gasteiger charge is -2.19. The van der Waals surface area contributed by atoms with E-state index in [0.717, 1.165) is 6.54 Å². The van der Waals surface area contributed by atoms with Gasteiger partial charge in [-0.3, -0.25) is 4.79 Å². The van der Waals surface area contributed by atoms with Gasteiger partial charge >= 0.3 is 12.1 Å². The molecule has 4 rings (SSSR count). The topological polar surface area (TPSA) is 105 Å². The second-order valence-corrected chi connectivity index (χ2v) is 7.71. The molecule has 2 saturated heterocycles. The number of carbonyl (C=O) groups is 2. The number of fused-ring (bicyclic) bond motifs is 1. The predicted molar refractivity (Wildman–Crippen MR) is 101 cm³/mol. The van der Waals surface area contributed by atoms with Crippen LogP contribution in [0.3, 0.4) is 0 Å². The average Bonchev–Trinajstić information content (AvgIpc) is 3.44. The van der Waals surface area contributed by atoms with E-state index in [9.17, 15) is 22.4 Å². The van der Waals surface area contributed by atoms with E-state index in [1.807, 2.05) is 21.7 Å². The van der Waals surface area contributed by atoms with Gasteiger partial charge in [0.25, 0.3) is 5.91 Å². The molecule has 168 valence electrons. The van der Waals surface area contributed by atoms with Crippen molar-refractivity contribution in [3.63, 3.8) is 0 Å². The second-order valence-electron chi connectivity index (χ2n) is 6.93. The number of hydrogen-bond acceptors (Lipinski definition) is 7.